The fourth-order valence-corrected chi connectivity index (χ4v) is 0.655. The molecule has 1 unspecified atom stereocenters. The molecular formula is C8H17NO3. The van der Waals surface area contributed by atoms with Gasteiger partial charge in [-0.15, -0.1) is 0 Å². The van der Waals surface area contributed by atoms with Crippen LogP contribution in [0.3, 0.4) is 0 Å². The third-order valence-corrected chi connectivity index (χ3v) is 1.51. The lowest BCUT2D eigenvalue weighted by Gasteiger charge is -2.08. The average molecular weight is 175 g/mol. The number of nitrogens with zero attached hydrogens (tertiary/aromatic N) is 1. The monoisotopic (exact) mass is 175 g/mol. The third-order valence-electron chi connectivity index (χ3n) is 1.51. The van der Waals surface area contributed by atoms with Gasteiger partial charge in [0.05, 0.1) is 13.2 Å². The van der Waals surface area contributed by atoms with Gasteiger partial charge in [-0.05, 0) is 12.3 Å². The van der Waals surface area contributed by atoms with E-state index in [4.69, 9.17) is 9.84 Å². The molecule has 0 fully saturated rings. The molecule has 72 valence electrons. The van der Waals surface area contributed by atoms with Crippen LogP contribution in [0.25, 0.3) is 0 Å². The second-order valence-corrected chi connectivity index (χ2v) is 3.20. The van der Waals surface area contributed by atoms with E-state index in [1.165, 1.54) is 0 Å². The minimum atomic E-state index is -0.600. The van der Waals surface area contributed by atoms with Gasteiger partial charge in [-0.1, -0.05) is 19.0 Å². The molecule has 4 heteroatoms. The first-order chi connectivity index (χ1) is 5.70. The molecule has 0 spiro atoms. The Bertz CT molecular complexity index is 117. The normalized spacial score (nSPS) is 13.3. The highest BCUT2D eigenvalue weighted by Gasteiger charge is 2.06. The Morgan fingerprint density at radius 1 is 1.50 bits per heavy atom. The Kier molecular flexibility index (Phi) is 6.90. The van der Waals surface area contributed by atoms with E-state index in [1.807, 2.05) is 0 Å². The molecule has 4 nitrogen and oxygen atoms in total. The van der Waals surface area contributed by atoms with E-state index in [2.05, 4.69) is 19.0 Å². The standard InChI is InChI=1S/C8H17NO3/c1-7(2)3-4-12-6-8(5-10)9-11/h7-8,10H,3-6H2,1-2H3. The fourth-order valence-electron chi connectivity index (χ4n) is 0.655. The van der Waals surface area contributed by atoms with Crippen molar-refractivity contribution in [1.82, 2.24) is 0 Å². The molecule has 0 radical (unpaired) electrons. The number of nitroso groups, excluding NO2 is 1. The zero-order valence-electron chi connectivity index (χ0n) is 7.69. The largest absolute Gasteiger partial charge is 0.394 e. The highest BCUT2D eigenvalue weighted by atomic mass is 16.5. The summed E-state index contributed by atoms with van der Waals surface area (Å²) in [6.45, 7) is 4.83. The topological polar surface area (TPSA) is 58.9 Å². The number of aliphatic hydroxyl groups excluding tert-OH is 1. The Labute approximate surface area is 72.9 Å². The SMILES string of the molecule is CC(C)CCOCC(CO)N=O. The van der Waals surface area contributed by atoms with Gasteiger partial charge in [-0.25, -0.2) is 0 Å². The van der Waals surface area contributed by atoms with Gasteiger partial charge in [-0.3, -0.25) is 0 Å². The van der Waals surface area contributed by atoms with Crippen molar-refractivity contribution in [3.8, 4) is 0 Å². The van der Waals surface area contributed by atoms with Crippen molar-refractivity contribution in [3.05, 3.63) is 4.91 Å². The molecule has 1 atom stereocenters. The lowest BCUT2D eigenvalue weighted by Crippen LogP contribution is -2.18. The van der Waals surface area contributed by atoms with Crippen molar-refractivity contribution in [2.24, 2.45) is 11.1 Å². The average Bonchev–Trinajstić information content (AvgIpc) is 2.04. The molecule has 0 aliphatic heterocycles. The van der Waals surface area contributed by atoms with Crippen molar-refractivity contribution >= 4 is 0 Å². The Morgan fingerprint density at radius 3 is 2.58 bits per heavy atom. The second kappa shape index (κ2) is 7.18. The Hall–Kier alpha value is -0.480. The molecule has 0 bridgehead atoms. The number of hydrogen-bond donors (Lipinski definition) is 1. The summed E-state index contributed by atoms with van der Waals surface area (Å²) in [5, 5.41) is 11.3. The summed E-state index contributed by atoms with van der Waals surface area (Å²) >= 11 is 0. The first-order valence-electron chi connectivity index (χ1n) is 4.21. The van der Waals surface area contributed by atoms with Crippen LogP contribution in [-0.4, -0.2) is 31.0 Å². The van der Waals surface area contributed by atoms with Crippen LogP contribution >= 0.6 is 0 Å². The van der Waals surface area contributed by atoms with E-state index in [1.54, 1.807) is 0 Å². The zero-order valence-corrected chi connectivity index (χ0v) is 7.69. The summed E-state index contributed by atoms with van der Waals surface area (Å²) in [6.07, 6.45) is 0.969. The van der Waals surface area contributed by atoms with E-state index in [-0.39, 0.29) is 13.2 Å². The van der Waals surface area contributed by atoms with Gasteiger partial charge in [0.2, 0.25) is 0 Å². The Balaban J connectivity index is 3.23. The number of ether oxygens (including phenoxy) is 1. The van der Waals surface area contributed by atoms with E-state index < -0.39 is 6.04 Å². The molecule has 0 aromatic rings. The van der Waals surface area contributed by atoms with Crippen molar-refractivity contribution in [2.75, 3.05) is 19.8 Å². The molecular weight excluding hydrogens is 158 g/mol. The summed E-state index contributed by atoms with van der Waals surface area (Å²) in [5.74, 6) is 0.599. The van der Waals surface area contributed by atoms with Crippen LogP contribution in [0.5, 0.6) is 0 Å². The van der Waals surface area contributed by atoms with Crippen LogP contribution in [0.1, 0.15) is 20.3 Å². The molecule has 0 rings (SSSR count). The van der Waals surface area contributed by atoms with Crippen molar-refractivity contribution in [1.29, 1.82) is 0 Å². The zero-order chi connectivity index (χ0) is 9.40. The van der Waals surface area contributed by atoms with Gasteiger partial charge in [-0.2, -0.15) is 4.91 Å². The maximum atomic E-state index is 9.97. The van der Waals surface area contributed by atoms with Gasteiger partial charge in [0.1, 0.15) is 6.04 Å². The maximum absolute atomic E-state index is 9.97. The smallest absolute Gasteiger partial charge is 0.138 e. The molecule has 0 heterocycles. The second-order valence-electron chi connectivity index (χ2n) is 3.20. The fraction of sp³-hybridized carbons (Fsp3) is 1.00. The minimum absolute atomic E-state index is 0.229. The van der Waals surface area contributed by atoms with E-state index in [0.717, 1.165) is 6.42 Å². The van der Waals surface area contributed by atoms with Crippen LogP contribution in [0.2, 0.25) is 0 Å². The first kappa shape index (κ1) is 11.5. The predicted molar refractivity (Wildman–Crippen MR) is 46.9 cm³/mol. The van der Waals surface area contributed by atoms with Crippen molar-refractivity contribution < 1.29 is 9.84 Å². The Morgan fingerprint density at radius 2 is 2.17 bits per heavy atom. The summed E-state index contributed by atoms with van der Waals surface area (Å²) in [6, 6.07) is -0.600. The van der Waals surface area contributed by atoms with Gasteiger partial charge in [0, 0.05) is 6.61 Å². The molecule has 1 N–H and O–H groups in total. The summed E-state index contributed by atoms with van der Waals surface area (Å²) in [4.78, 5) is 9.97. The lowest BCUT2D eigenvalue weighted by molar-refractivity contribution is 0.0938. The molecule has 0 aromatic carbocycles. The van der Waals surface area contributed by atoms with E-state index in [9.17, 15) is 4.91 Å². The summed E-state index contributed by atoms with van der Waals surface area (Å²) in [7, 11) is 0. The van der Waals surface area contributed by atoms with Crippen molar-refractivity contribution in [2.45, 2.75) is 26.3 Å². The first-order valence-corrected chi connectivity index (χ1v) is 4.21. The van der Waals surface area contributed by atoms with Crippen molar-refractivity contribution in [3.63, 3.8) is 0 Å². The highest BCUT2D eigenvalue weighted by molar-refractivity contribution is 4.61. The molecule has 0 aromatic heterocycles. The summed E-state index contributed by atoms with van der Waals surface area (Å²) in [5.41, 5.74) is 0. The van der Waals surface area contributed by atoms with Gasteiger partial charge < -0.3 is 9.84 Å². The van der Waals surface area contributed by atoms with E-state index >= 15 is 0 Å². The molecule has 12 heavy (non-hydrogen) atoms. The molecule has 0 amide bonds. The lowest BCUT2D eigenvalue weighted by atomic mass is 10.1. The third kappa shape index (κ3) is 6.24. The van der Waals surface area contributed by atoms with Gasteiger partial charge in [0.25, 0.3) is 0 Å². The molecule has 0 aliphatic rings. The van der Waals surface area contributed by atoms with Crippen LogP contribution in [0.15, 0.2) is 5.18 Å². The number of rotatable bonds is 7. The predicted octanol–water partition coefficient (Wildman–Crippen LogP) is 1.18. The van der Waals surface area contributed by atoms with Gasteiger partial charge >= 0.3 is 0 Å². The maximum Gasteiger partial charge on any atom is 0.138 e. The van der Waals surface area contributed by atoms with Crippen LogP contribution in [-0.2, 0) is 4.74 Å². The van der Waals surface area contributed by atoms with Crippen LogP contribution in [0, 0.1) is 10.8 Å². The molecule has 0 aliphatic carbocycles. The van der Waals surface area contributed by atoms with Crippen LogP contribution in [0.4, 0.5) is 0 Å². The number of hydrogen-bond acceptors (Lipinski definition) is 4. The molecule has 0 saturated heterocycles. The highest BCUT2D eigenvalue weighted by Crippen LogP contribution is 1.99. The summed E-state index contributed by atoms with van der Waals surface area (Å²) < 4.78 is 5.13. The van der Waals surface area contributed by atoms with E-state index in [0.29, 0.717) is 12.5 Å². The van der Waals surface area contributed by atoms with Gasteiger partial charge in [0.15, 0.2) is 0 Å². The number of aliphatic hydroxyl groups is 1. The quantitative estimate of drug-likeness (QED) is 0.467. The minimum Gasteiger partial charge on any atom is -0.394 e. The molecule has 0 saturated carbocycles. The van der Waals surface area contributed by atoms with Crippen LogP contribution < -0.4 is 0 Å².